The summed E-state index contributed by atoms with van der Waals surface area (Å²) >= 11 is 0. The van der Waals surface area contributed by atoms with Gasteiger partial charge in [-0.05, 0) is 38.5 Å². The number of hydrogen-bond donors (Lipinski definition) is 2. The fourth-order valence-corrected chi connectivity index (χ4v) is 1.95. The number of nitrogens with one attached hydrogen (secondary N) is 2. The van der Waals surface area contributed by atoms with Gasteiger partial charge < -0.3 is 10.3 Å². The predicted molar refractivity (Wildman–Crippen MR) is 77.5 cm³/mol. The Morgan fingerprint density at radius 1 is 1.05 bits per heavy atom. The van der Waals surface area contributed by atoms with Crippen LogP contribution >= 0.6 is 0 Å². The van der Waals surface area contributed by atoms with Crippen molar-refractivity contribution in [3.8, 4) is 0 Å². The lowest BCUT2D eigenvalue weighted by Crippen LogP contribution is -2.07. The van der Waals surface area contributed by atoms with E-state index in [0.717, 1.165) is 28.2 Å². The van der Waals surface area contributed by atoms with Crippen molar-refractivity contribution in [1.29, 1.82) is 0 Å². The predicted octanol–water partition coefficient (Wildman–Crippen LogP) is 2.29. The van der Waals surface area contributed by atoms with E-state index in [9.17, 15) is 0 Å². The Bertz CT molecular complexity index is 761. The minimum absolute atomic E-state index is 0.518. The summed E-state index contributed by atoms with van der Waals surface area (Å²) in [6.07, 6.45) is 0. The molecule has 0 saturated carbocycles. The number of aromatic nitrogens is 5. The minimum Gasteiger partial charge on any atom is -0.346 e. The molecule has 0 atom stereocenters. The largest absolute Gasteiger partial charge is 0.346 e. The van der Waals surface area contributed by atoms with Crippen molar-refractivity contribution >= 4 is 17.0 Å². The van der Waals surface area contributed by atoms with Gasteiger partial charge in [0.2, 0.25) is 5.95 Å². The second-order valence-electron chi connectivity index (χ2n) is 4.86. The smallest absolute Gasteiger partial charge is 0.243 e. The van der Waals surface area contributed by atoms with Crippen molar-refractivity contribution in [2.75, 3.05) is 5.32 Å². The summed E-state index contributed by atoms with van der Waals surface area (Å²) in [4.78, 5) is 12.1. The summed E-state index contributed by atoms with van der Waals surface area (Å²) < 4.78 is 0. The molecule has 0 bridgehead atoms. The first-order chi connectivity index (χ1) is 9.61. The Balaban J connectivity index is 1.77. The average molecular weight is 268 g/mol. The zero-order chi connectivity index (χ0) is 14.1. The van der Waals surface area contributed by atoms with E-state index >= 15 is 0 Å². The molecule has 6 nitrogen and oxygen atoms in total. The molecule has 2 heterocycles. The summed E-state index contributed by atoms with van der Waals surface area (Å²) in [5, 5.41) is 11.2. The van der Waals surface area contributed by atoms with Crippen LogP contribution in [0.5, 0.6) is 0 Å². The number of benzene rings is 1. The SMILES string of the molecule is Cc1ccc2nc(CNc3nnc(C)c(C)n3)[nH]c2c1. The molecular weight excluding hydrogens is 252 g/mol. The lowest BCUT2D eigenvalue weighted by Gasteiger charge is -2.03. The summed E-state index contributed by atoms with van der Waals surface area (Å²) in [6.45, 7) is 6.41. The summed E-state index contributed by atoms with van der Waals surface area (Å²) in [5.74, 6) is 1.37. The van der Waals surface area contributed by atoms with Crippen LogP contribution in [0, 0.1) is 20.8 Å². The van der Waals surface area contributed by atoms with E-state index in [0.29, 0.717) is 12.5 Å². The Morgan fingerprint density at radius 2 is 1.90 bits per heavy atom. The molecule has 6 heteroatoms. The molecular formula is C14H16N6. The molecule has 0 radical (unpaired) electrons. The van der Waals surface area contributed by atoms with Crippen LogP contribution in [-0.2, 0) is 6.54 Å². The van der Waals surface area contributed by atoms with Gasteiger partial charge in [-0.2, -0.15) is 5.10 Å². The van der Waals surface area contributed by atoms with E-state index in [-0.39, 0.29) is 0 Å². The first kappa shape index (κ1) is 12.5. The third kappa shape index (κ3) is 2.45. The fourth-order valence-electron chi connectivity index (χ4n) is 1.95. The first-order valence-corrected chi connectivity index (χ1v) is 6.49. The zero-order valence-corrected chi connectivity index (χ0v) is 11.7. The van der Waals surface area contributed by atoms with Gasteiger partial charge in [0.1, 0.15) is 5.82 Å². The standard InChI is InChI=1S/C14H16N6/c1-8-4-5-11-12(6-8)18-13(17-11)7-15-14-16-9(2)10(3)19-20-14/h4-6H,7H2,1-3H3,(H,17,18)(H,15,16,20). The summed E-state index contributed by atoms with van der Waals surface area (Å²) in [5.41, 5.74) is 4.94. The van der Waals surface area contributed by atoms with Crippen LogP contribution in [0.1, 0.15) is 22.8 Å². The Kier molecular flexibility index (Phi) is 3.06. The van der Waals surface area contributed by atoms with Gasteiger partial charge in [0.25, 0.3) is 0 Å². The van der Waals surface area contributed by atoms with E-state index < -0.39 is 0 Å². The highest BCUT2D eigenvalue weighted by atomic mass is 15.2. The van der Waals surface area contributed by atoms with E-state index in [1.165, 1.54) is 5.56 Å². The molecule has 0 aliphatic heterocycles. The zero-order valence-electron chi connectivity index (χ0n) is 11.7. The molecule has 0 aliphatic rings. The number of nitrogens with zero attached hydrogens (tertiary/aromatic N) is 4. The molecule has 0 amide bonds. The highest BCUT2D eigenvalue weighted by molar-refractivity contribution is 5.75. The summed E-state index contributed by atoms with van der Waals surface area (Å²) in [7, 11) is 0. The van der Waals surface area contributed by atoms with Gasteiger partial charge in [-0.15, -0.1) is 5.10 Å². The lowest BCUT2D eigenvalue weighted by molar-refractivity contribution is 0.875. The van der Waals surface area contributed by atoms with Crippen molar-refractivity contribution in [3.05, 3.63) is 41.0 Å². The first-order valence-electron chi connectivity index (χ1n) is 6.49. The van der Waals surface area contributed by atoms with Crippen molar-refractivity contribution in [1.82, 2.24) is 25.1 Å². The molecule has 0 spiro atoms. The van der Waals surface area contributed by atoms with Gasteiger partial charge in [0, 0.05) is 0 Å². The molecule has 2 aromatic heterocycles. The van der Waals surface area contributed by atoms with Crippen molar-refractivity contribution in [2.45, 2.75) is 27.3 Å². The maximum Gasteiger partial charge on any atom is 0.243 e. The van der Waals surface area contributed by atoms with Crippen LogP contribution in [0.2, 0.25) is 0 Å². The summed E-state index contributed by atoms with van der Waals surface area (Å²) in [6, 6.07) is 6.15. The molecule has 3 aromatic rings. The Labute approximate surface area is 116 Å². The van der Waals surface area contributed by atoms with Crippen LogP contribution in [0.25, 0.3) is 11.0 Å². The number of aryl methyl sites for hydroxylation is 3. The van der Waals surface area contributed by atoms with Gasteiger partial charge in [-0.1, -0.05) is 6.07 Å². The topological polar surface area (TPSA) is 79.4 Å². The Hall–Kier alpha value is -2.50. The molecule has 3 rings (SSSR count). The third-order valence-corrected chi connectivity index (χ3v) is 3.19. The second kappa shape index (κ2) is 4.88. The Morgan fingerprint density at radius 3 is 2.70 bits per heavy atom. The van der Waals surface area contributed by atoms with Gasteiger partial charge >= 0.3 is 0 Å². The molecule has 0 aliphatic carbocycles. The van der Waals surface area contributed by atoms with Crippen LogP contribution in [-0.4, -0.2) is 25.1 Å². The molecule has 0 saturated heterocycles. The van der Waals surface area contributed by atoms with Crippen LogP contribution in [0.3, 0.4) is 0 Å². The van der Waals surface area contributed by atoms with Gasteiger partial charge in [0.05, 0.1) is 29.0 Å². The number of imidazole rings is 1. The lowest BCUT2D eigenvalue weighted by atomic mass is 10.2. The monoisotopic (exact) mass is 268 g/mol. The highest BCUT2D eigenvalue weighted by Gasteiger charge is 2.05. The molecule has 0 fully saturated rings. The minimum atomic E-state index is 0.518. The van der Waals surface area contributed by atoms with Crippen LogP contribution in [0.15, 0.2) is 18.2 Å². The highest BCUT2D eigenvalue weighted by Crippen LogP contribution is 2.13. The molecule has 20 heavy (non-hydrogen) atoms. The van der Waals surface area contributed by atoms with E-state index in [2.05, 4.69) is 49.5 Å². The number of anilines is 1. The number of hydrogen-bond acceptors (Lipinski definition) is 5. The van der Waals surface area contributed by atoms with Gasteiger partial charge in [0.15, 0.2) is 0 Å². The second-order valence-corrected chi connectivity index (χ2v) is 4.86. The quantitative estimate of drug-likeness (QED) is 0.762. The van der Waals surface area contributed by atoms with Crippen molar-refractivity contribution in [3.63, 3.8) is 0 Å². The van der Waals surface area contributed by atoms with Gasteiger partial charge in [-0.3, -0.25) is 0 Å². The normalized spacial score (nSPS) is 10.9. The number of H-pyrrole nitrogens is 1. The number of aromatic amines is 1. The van der Waals surface area contributed by atoms with E-state index in [1.54, 1.807) is 0 Å². The van der Waals surface area contributed by atoms with Crippen molar-refractivity contribution in [2.24, 2.45) is 0 Å². The molecule has 102 valence electrons. The average Bonchev–Trinajstić information content (AvgIpc) is 2.82. The van der Waals surface area contributed by atoms with E-state index in [1.807, 2.05) is 19.9 Å². The number of rotatable bonds is 3. The molecule has 2 N–H and O–H groups in total. The van der Waals surface area contributed by atoms with Gasteiger partial charge in [-0.25, -0.2) is 9.97 Å². The van der Waals surface area contributed by atoms with Crippen LogP contribution in [0.4, 0.5) is 5.95 Å². The number of fused-ring (bicyclic) bond motifs is 1. The van der Waals surface area contributed by atoms with Crippen LogP contribution < -0.4 is 5.32 Å². The third-order valence-electron chi connectivity index (χ3n) is 3.19. The fraction of sp³-hybridized carbons (Fsp3) is 0.286. The van der Waals surface area contributed by atoms with E-state index in [4.69, 9.17) is 0 Å². The maximum absolute atomic E-state index is 4.51. The molecule has 1 aromatic carbocycles. The van der Waals surface area contributed by atoms with Crippen molar-refractivity contribution < 1.29 is 0 Å². The molecule has 0 unspecified atom stereocenters. The maximum atomic E-state index is 4.51.